The highest BCUT2D eigenvalue weighted by molar-refractivity contribution is 5.82. The topological polar surface area (TPSA) is 123 Å². The zero-order valence-corrected chi connectivity index (χ0v) is 18.9. The predicted octanol–water partition coefficient (Wildman–Crippen LogP) is 2.15. The highest BCUT2D eigenvalue weighted by atomic mass is 16.5. The van der Waals surface area contributed by atoms with Gasteiger partial charge in [0.2, 0.25) is 5.91 Å². The number of nitrogens with one attached hydrogen (secondary N) is 2. The van der Waals surface area contributed by atoms with E-state index in [9.17, 15) is 14.4 Å². The molecule has 1 unspecified atom stereocenters. The van der Waals surface area contributed by atoms with Gasteiger partial charge in [0.25, 0.3) is 0 Å². The minimum atomic E-state index is -1.16. The van der Waals surface area contributed by atoms with Gasteiger partial charge in [-0.25, -0.2) is 9.59 Å². The number of hydrogen-bond donors (Lipinski definition) is 3. The van der Waals surface area contributed by atoms with Crippen LogP contribution in [0.4, 0.5) is 4.79 Å². The van der Waals surface area contributed by atoms with Crippen molar-refractivity contribution in [3.63, 3.8) is 0 Å². The number of carbonyl (C=O) groups is 3. The molecular weight excluding hydrogens is 440 g/mol. The van der Waals surface area contributed by atoms with E-state index >= 15 is 0 Å². The summed E-state index contributed by atoms with van der Waals surface area (Å²) in [6.07, 6.45) is -1.88. The van der Waals surface area contributed by atoms with Crippen LogP contribution < -0.4 is 10.6 Å². The second-order valence-corrected chi connectivity index (χ2v) is 8.35. The molecule has 2 aromatic carbocycles. The molecule has 1 aliphatic heterocycles. The molecule has 180 valence electrons. The predicted molar refractivity (Wildman–Crippen MR) is 122 cm³/mol. The molecule has 3 N–H and O–H groups in total. The van der Waals surface area contributed by atoms with E-state index in [0.29, 0.717) is 13.0 Å². The van der Waals surface area contributed by atoms with Gasteiger partial charge in [-0.2, -0.15) is 0 Å². The highest BCUT2D eigenvalue weighted by Crippen LogP contribution is 2.44. The van der Waals surface area contributed by atoms with Crippen molar-refractivity contribution in [2.24, 2.45) is 5.92 Å². The number of carbonyl (C=O) groups excluding carboxylic acids is 2. The lowest BCUT2D eigenvalue weighted by atomic mass is 9.98. The molecule has 1 fully saturated rings. The fraction of sp³-hybridized carbons (Fsp3) is 0.400. The molecule has 4 rings (SSSR count). The largest absolute Gasteiger partial charge is 0.479 e. The second-order valence-electron chi connectivity index (χ2n) is 8.35. The molecule has 0 radical (unpaired) electrons. The van der Waals surface area contributed by atoms with Crippen LogP contribution in [-0.2, 0) is 23.8 Å². The van der Waals surface area contributed by atoms with Crippen molar-refractivity contribution in [1.29, 1.82) is 0 Å². The Morgan fingerprint density at radius 1 is 1.06 bits per heavy atom. The van der Waals surface area contributed by atoms with Crippen LogP contribution in [0, 0.1) is 5.92 Å². The molecule has 0 aromatic heterocycles. The van der Waals surface area contributed by atoms with Crippen LogP contribution >= 0.6 is 0 Å². The van der Waals surface area contributed by atoms with Crippen LogP contribution in [-0.4, -0.2) is 68.7 Å². The average Bonchev–Trinajstić information content (AvgIpc) is 3.44. The average molecular weight is 469 g/mol. The first-order chi connectivity index (χ1) is 16.5. The smallest absolute Gasteiger partial charge is 0.407 e. The lowest BCUT2D eigenvalue weighted by Crippen LogP contribution is -2.45. The van der Waals surface area contributed by atoms with Gasteiger partial charge in [-0.3, -0.25) is 4.79 Å². The van der Waals surface area contributed by atoms with Gasteiger partial charge in [0.1, 0.15) is 12.7 Å². The molecule has 1 heterocycles. The number of methoxy groups -OCH3 is 1. The Bertz CT molecular complexity index is 1010. The van der Waals surface area contributed by atoms with Crippen molar-refractivity contribution in [2.75, 3.05) is 33.4 Å². The highest BCUT2D eigenvalue weighted by Gasteiger charge is 2.35. The van der Waals surface area contributed by atoms with E-state index < -0.39 is 30.2 Å². The fourth-order valence-electron chi connectivity index (χ4n) is 4.56. The number of ether oxygens (including phenoxy) is 3. The van der Waals surface area contributed by atoms with E-state index in [-0.39, 0.29) is 31.5 Å². The molecule has 2 aliphatic rings. The van der Waals surface area contributed by atoms with Crippen LogP contribution in [0.15, 0.2) is 48.5 Å². The number of alkyl carbamates (subject to hydrolysis) is 1. The Morgan fingerprint density at radius 3 is 2.32 bits per heavy atom. The summed E-state index contributed by atoms with van der Waals surface area (Å²) < 4.78 is 15.9. The van der Waals surface area contributed by atoms with E-state index in [1.807, 2.05) is 24.3 Å². The second kappa shape index (κ2) is 10.7. The summed E-state index contributed by atoms with van der Waals surface area (Å²) in [5.41, 5.74) is 4.58. The molecule has 3 atom stereocenters. The third-order valence-electron chi connectivity index (χ3n) is 6.35. The summed E-state index contributed by atoms with van der Waals surface area (Å²) in [7, 11) is 1.26. The van der Waals surface area contributed by atoms with Crippen molar-refractivity contribution < 1.29 is 33.7 Å². The van der Waals surface area contributed by atoms with Gasteiger partial charge >= 0.3 is 12.1 Å². The van der Waals surface area contributed by atoms with Crippen molar-refractivity contribution in [1.82, 2.24) is 10.6 Å². The van der Waals surface area contributed by atoms with Gasteiger partial charge in [0, 0.05) is 32.1 Å². The first-order valence-electron chi connectivity index (χ1n) is 11.2. The molecular formula is C25H28N2O7. The van der Waals surface area contributed by atoms with Crippen molar-refractivity contribution in [2.45, 2.75) is 24.5 Å². The van der Waals surface area contributed by atoms with Gasteiger partial charge in [0.05, 0.1) is 6.54 Å². The van der Waals surface area contributed by atoms with Gasteiger partial charge in [0.15, 0.2) is 6.10 Å². The number of fused-ring (bicyclic) bond motifs is 3. The molecule has 0 saturated carbocycles. The molecule has 1 saturated heterocycles. The third-order valence-corrected chi connectivity index (χ3v) is 6.35. The zero-order valence-electron chi connectivity index (χ0n) is 18.9. The Balaban J connectivity index is 1.28. The summed E-state index contributed by atoms with van der Waals surface area (Å²) in [6, 6.07) is 16.2. The number of rotatable bonds is 9. The van der Waals surface area contributed by atoms with E-state index in [1.54, 1.807) is 0 Å². The van der Waals surface area contributed by atoms with E-state index in [1.165, 1.54) is 7.11 Å². The maximum atomic E-state index is 12.4. The molecule has 0 bridgehead atoms. The van der Waals surface area contributed by atoms with Gasteiger partial charge in [-0.15, -0.1) is 0 Å². The number of carboxylic acids is 1. The Morgan fingerprint density at radius 2 is 1.71 bits per heavy atom. The minimum absolute atomic E-state index is 0.0329. The summed E-state index contributed by atoms with van der Waals surface area (Å²) in [5, 5.41) is 14.3. The summed E-state index contributed by atoms with van der Waals surface area (Å²) in [5.74, 6) is -1.87. The molecule has 0 spiro atoms. The van der Waals surface area contributed by atoms with Crippen LogP contribution in [0.5, 0.6) is 0 Å². The third kappa shape index (κ3) is 5.05. The standard InChI is InChI=1S/C25H28N2O7/c1-32-21(24(29)30)13-26-23(28)22-15(10-11-33-22)12-27-25(31)34-14-20-18-8-4-2-6-16(18)17-7-3-5-9-19(17)20/h2-9,15,20-22H,10-14H2,1H3,(H,26,28)(H,27,31)(H,29,30)/t15-,21?,22-/m0/s1. The molecule has 1 aliphatic carbocycles. The maximum Gasteiger partial charge on any atom is 0.407 e. The van der Waals surface area contributed by atoms with Gasteiger partial charge in [-0.05, 0) is 28.7 Å². The van der Waals surface area contributed by atoms with Crippen LogP contribution in [0.3, 0.4) is 0 Å². The lowest BCUT2D eigenvalue weighted by molar-refractivity contribution is -0.148. The fourth-order valence-corrected chi connectivity index (χ4v) is 4.56. The molecule has 2 aromatic rings. The lowest BCUT2D eigenvalue weighted by Gasteiger charge is -2.20. The number of aliphatic carboxylic acids is 1. The maximum absolute atomic E-state index is 12.4. The van der Waals surface area contributed by atoms with Crippen molar-refractivity contribution in [3.05, 3.63) is 59.7 Å². The minimum Gasteiger partial charge on any atom is -0.479 e. The van der Waals surface area contributed by atoms with Crippen molar-refractivity contribution >= 4 is 18.0 Å². The normalized spacial score (nSPS) is 19.7. The Labute approximate surface area is 197 Å². The summed E-state index contributed by atoms with van der Waals surface area (Å²) in [6.45, 7) is 0.624. The van der Waals surface area contributed by atoms with Gasteiger partial charge in [-0.1, -0.05) is 48.5 Å². The van der Waals surface area contributed by atoms with Crippen LogP contribution in [0.2, 0.25) is 0 Å². The quantitative estimate of drug-likeness (QED) is 0.515. The molecule has 9 heteroatoms. The van der Waals surface area contributed by atoms with Crippen molar-refractivity contribution in [3.8, 4) is 11.1 Å². The van der Waals surface area contributed by atoms with Gasteiger partial charge < -0.3 is 30.0 Å². The monoisotopic (exact) mass is 468 g/mol. The first kappa shape index (κ1) is 23.7. The summed E-state index contributed by atoms with van der Waals surface area (Å²) in [4.78, 5) is 35.9. The zero-order chi connectivity index (χ0) is 24.1. The first-order valence-corrected chi connectivity index (χ1v) is 11.2. The summed E-state index contributed by atoms with van der Waals surface area (Å²) >= 11 is 0. The molecule has 2 amide bonds. The number of benzene rings is 2. The van der Waals surface area contributed by atoms with Crippen LogP contribution in [0.25, 0.3) is 11.1 Å². The number of carboxylic acid groups (broad SMARTS) is 1. The van der Waals surface area contributed by atoms with E-state index in [4.69, 9.17) is 19.3 Å². The Kier molecular flexibility index (Phi) is 7.44. The number of hydrogen-bond acceptors (Lipinski definition) is 6. The van der Waals surface area contributed by atoms with E-state index in [0.717, 1.165) is 22.3 Å². The Hall–Kier alpha value is -3.43. The number of amides is 2. The van der Waals surface area contributed by atoms with E-state index in [2.05, 4.69) is 34.9 Å². The molecule has 9 nitrogen and oxygen atoms in total. The SMILES string of the molecule is COC(CNC(=O)[C@H]1OCC[C@H]1CNC(=O)OCC1c2ccccc2-c2ccccc21)C(=O)O. The van der Waals surface area contributed by atoms with Crippen LogP contribution in [0.1, 0.15) is 23.5 Å². The molecule has 34 heavy (non-hydrogen) atoms.